The van der Waals surface area contributed by atoms with Gasteiger partial charge < -0.3 is 9.15 Å². The molecular formula is C13H13NO3. The zero-order valence-electron chi connectivity index (χ0n) is 9.55. The zero-order chi connectivity index (χ0) is 12.1. The fourth-order valence-corrected chi connectivity index (χ4v) is 1.61. The predicted molar refractivity (Wildman–Crippen MR) is 61.7 cm³/mol. The van der Waals surface area contributed by atoms with Crippen LogP contribution in [0.1, 0.15) is 21.8 Å². The molecule has 0 unspecified atom stereocenters. The first-order valence-corrected chi connectivity index (χ1v) is 5.36. The van der Waals surface area contributed by atoms with Gasteiger partial charge in [-0.25, -0.2) is 9.78 Å². The van der Waals surface area contributed by atoms with Crippen LogP contribution in [-0.2, 0) is 17.6 Å². The lowest BCUT2D eigenvalue weighted by Gasteiger charge is -2.00. The first-order valence-electron chi connectivity index (χ1n) is 5.36. The van der Waals surface area contributed by atoms with Gasteiger partial charge in [0.15, 0.2) is 12.1 Å². The summed E-state index contributed by atoms with van der Waals surface area (Å²) in [4.78, 5) is 15.2. The molecule has 0 aliphatic carbocycles. The Morgan fingerprint density at radius 2 is 2.06 bits per heavy atom. The lowest BCUT2D eigenvalue weighted by molar-refractivity contribution is 0.0592. The van der Waals surface area contributed by atoms with Gasteiger partial charge in [-0.2, -0.15) is 0 Å². The van der Waals surface area contributed by atoms with Crippen LogP contribution in [0.2, 0.25) is 0 Å². The molecule has 2 rings (SSSR count). The number of hydrogen-bond acceptors (Lipinski definition) is 4. The third kappa shape index (κ3) is 2.72. The Balaban J connectivity index is 2.05. The van der Waals surface area contributed by atoms with Crippen molar-refractivity contribution in [2.45, 2.75) is 12.8 Å². The average molecular weight is 231 g/mol. The van der Waals surface area contributed by atoms with E-state index in [-0.39, 0.29) is 5.69 Å². The minimum atomic E-state index is -0.457. The number of aromatic nitrogens is 1. The van der Waals surface area contributed by atoms with Gasteiger partial charge in [0, 0.05) is 6.42 Å². The molecule has 4 heteroatoms. The van der Waals surface area contributed by atoms with E-state index >= 15 is 0 Å². The summed E-state index contributed by atoms with van der Waals surface area (Å²) < 4.78 is 9.82. The monoisotopic (exact) mass is 231 g/mol. The normalized spacial score (nSPS) is 10.2. The van der Waals surface area contributed by atoms with Gasteiger partial charge in [0.25, 0.3) is 0 Å². The fraction of sp³-hybridized carbons (Fsp3) is 0.231. The summed E-state index contributed by atoms with van der Waals surface area (Å²) in [5.41, 5.74) is 1.46. The van der Waals surface area contributed by atoms with E-state index < -0.39 is 5.97 Å². The Bertz CT molecular complexity index is 490. The number of esters is 1. The number of ether oxygens (including phenoxy) is 1. The molecule has 17 heavy (non-hydrogen) atoms. The van der Waals surface area contributed by atoms with Crippen molar-refractivity contribution in [2.24, 2.45) is 0 Å². The predicted octanol–water partition coefficient (Wildman–Crippen LogP) is 2.25. The molecule has 0 N–H and O–H groups in total. The maximum Gasteiger partial charge on any atom is 0.360 e. The van der Waals surface area contributed by atoms with Crippen molar-refractivity contribution in [3.05, 3.63) is 53.7 Å². The Kier molecular flexibility index (Phi) is 3.55. The topological polar surface area (TPSA) is 52.3 Å². The Morgan fingerprint density at radius 1 is 1.29 bits per heavy atom. The number of nitrogens with zero attached hydrogens (tertiary/aromatic N) is 1. The van der Waals surface area contributed by atoms with E-state index in [9.17, 15) is 4.79 Å². The second-order valence-corrected chi connectivity index (χ2v) is 3.60. The summed E-state index contributed by atoms with van der Waals surface area (Å²) in [6.45, 7) is 0. The largest absolute Gasteiger partial charge is 0.464 e. The standard InChI is InChI=1S/C13H13NO3/c1-16-13(15)12-11(17-9-14-12)8-7-10-5-3-2-4-6-10/h2-6,9H,7-8H2,1H3. The molecule has 1 aromatic heterocycles. The molecule has 2 aromatic rings. The van der Waals surface area contributed by atoms with E-state index in [0.717, 1.165) is 6.42 Å². The number of methoxy groups -OCH3 is 1. The van der Waals surface area contributed by atoms with Gasteiger partial charge >= 0.3 is 5.97 Å². The Labute approximate surface area is 99.2 Å². The van der Waals surface area contributed by atoms with Gasteiger partial charge in [-0.05, 0) is 12.0 Å². The van der Waals surface area contributed by atoms with Gasteiger partial charge in [-0.15, -0.1) is 0 Å². The van der Waals surface area contributed by atoms with E-state index in [0.29, 0.717) is 12.2 Å². The Hall–Kier alpha value is -2.10. The number of carbonyl (C=O) groups is 1. The molecule has 0 saturated carbocycles. The summed E-state index contributed by atoms with van der Waals surface area (Å²) in [7, 11) is 1.33. The number of benzene rings is 1. The summed E-state index contributed by atoms with van der Waals surface area (Å²) in [6, 6.07) is 10.0. The average Bonchev–Trinajstić information content (AvgIpc) is 2.85. The maximum absolute atomic E-state index is 11.4. The molecule has 0 aliphatic rings. The van der Waals surface area contributed by atoms with Gasteiger partial charge in [0.1, 0.15) is 5.76 Å². The van der Waals surface area contributed by atoms with Gasteiger partial charge in [0.2, 0.25) is 0 Å². The number of rotatable bonds is 4. The minimum Gasteiger partial charge on any atom is -0.464 e. The van der Waals surface area contributed by atoms with E-state index in [4.69, 9.17) is 4.42 Å². The smallest absolute Gasteiger partial charge is 0.360 e. The van der Waals surface area contributed by atoms with Crippen LogP contribution in [0.25, 0.3) is 0 Å². The molecule has 0 spiro atoms. The molecule has 1 aromatic carbocycles. The van der Waals surface area contributed by atoms with E-state index in [1.54, 1.807) is 0 Å². The van der Waals surface area contributed by atoms with Crippen molar-refractivity contribution in [2.75, 3.05) is 7.11 Å². The summed E-state index contributed by atoms with van der Waals surface area (Å²) >= 11 is 0. The molecule has 1 heterocycles. The minimum absolute atomic E-state index is 0.267. The van der Waals surface area contributed by atoms with Gasteiger partial charge in [-0.1, -0.05) is 30.3 Å². The van der Waals surface area contributed by atoms with Crippen molar-refractivity contribution >= 4 is 5.97 Å². The third-order valence-electron chi connectivity index (χ3n) is 2.50. The van der Waals surface area contributed by atoms with Crippen molar-refractivity contribution in [1.29, 1.82) is 0 Å². The summed E-state index contributed by atoms with van der Waals surface area (Å²) in [5.74, 6) is 0.113. The highest BCUT2D eigenvalue weighted by Crippen LogP contribution is 2.12. The van der Waals surface area contributed by atoms with Crippen LogP contribution >= 0.6 is 0 Å². The molecular weight excluding hydrogens is 218 g/mol. The third-order valence-corrected chi connectivity index (χ3v) is 2.50. The van der Waals surface area contributed by atoms with Crippen LogP contribution in [0.4, 0.5) is 0 Å². The molecule has 88 valence electrons. The maximum atomic E-state index is 11.4. The highest BCUT2D eigenvalue weighted by molar-refractivity contribution is 5.88. The molecule has 0 fully saturated rings. The number of hydrogen-bond donors (Lipinski definition) is 0. The first kappa shape index (κ1) is 11.4. The molecule has 0 saturated heterocycles. The SMILES string of the molecule is COC(=O)c1ncoc1CCc1ccccc1. The number of aryl methyl sites for hydroxylation is 2. The lowest BCUT2D eigenvalue weighted by atomic mass is 10.1. The van der Waals surface area contributed by atoms with Gasteiger partial charge in [0.05, 0.1) is 7.11 Å². The van der Waals surface area contributed by atoms with Crippen molar-refractivity contribution in [3.8, 4) is 0 Å². The molecule has 0 radical (unpaired) electrons. The van der Waals surface area contributed by atoms with E-state index in [1.807, 2.05) is 30.3 Å². The number of oxazole rings is 1. The van der Waals surface area contributed by atoms with Crippen LogP contribution in [0.5, 0.6) is 0 Å². The molecule has 0 aliphatic heterocycles. The van der Waals surface area contributed by atoms with Crippen LogP contribution in [0, 0.1) is 0 Å². The molecule has 0 amide bonds. The number of carbonyl (C=O) groups excluding carboxylic acids is 1. The second kappa shape index (κ2) is 5.30. The summed E-state index contributed by atoms with van der Waals surface area (Å²) in [5, 5.41) is 0. The fourth-order valence-electron chi connectivity index (χ4n) is 1.61. The van der Waals surface area contributed by atoms with Crippen LogP contribution in [0.15, 0.2) is 41.1 Å². The van der Waals surface area contributed by atoms with Crippen LogP contribution in [0.3, 0.4) is 0 Å². The quantitative estimate of drug-likeness (QED) is 0.757. The van der Waals surface area contributed by atoms with Crippen LogP contribution in [-0.4, -0.2) is 18.1 Å². The first-order chi connectivity index (χ1) is 8.31. The lowest BCUT2D eigenvalue weighted by Crippen LogP contribution is -2.05. The zero-order valence-corrected chi connectivity index (χ0v) is 9.55. The van der Waals surface area contributed by atoms with Crippen molar-refractivity contribution in [3.63, 3.8) is 0 Å². The second-order valence-electron chi connectivity index (χ2n) is 3.60. The highest BCUT2D eigenvalue weighted by Gasteiger charge is 2.16. The van der Waals surface area contributed by atoms with E-state index in [1.165, 1.54) is 19.1 Å². The molecule has 4 nitrogen and oxygen atoms in total. The molecule has 0 bridgehead atoms. The van der Waals surface area contributed by atoms with Gasteiger partial charge in [-0.3, -0.25) is 0 Å². The highest BCUT2D eigenvalue weighted by atomic mass is 16.5. The van der Waals surface area contributed by atoms with Crippen LogP contribution < -0.4 is 0 Å². The van der Waals surface area contributed by atoms with E-state index in [2.05, 4.69) is 9.72 Å². The molecule has 0 atom stereocenters. The summed E-state index contributed by atoms with van der Waals surface area (Å²) in [6.07, 6.45) is 2.71. The van der Waals surface area contributed by atoms with Crippen molar-refractivity contribution < 1.29 is 13.9 Å². The Morgan fingerprint density at radius 3 is 2.76 bits per heavy atom. The van der Waals surface area contributed by atoms with Crippen molar-refractivity contribution in [1.82, 2.24) is 4.98 Å².